The first kappa shape index (κ1) is 10.4. The van der Waals surface area contributed by atoms with Crippen molar-refractivity contribution in [1.29, 1.82) is 0 Å². The van der Waals surface area contributed by atoms with Crippen molar-refractivity contribution >= 4 is 21.6 Å². The van der Waals surface area contributed by atoms with E-state index in [4.69, 9.17) is 0 Å². The third-order valence-electron chi connectivity index (χ3n) is 2.73. The second kappa shape index (κ2) is 3.93. The van der Waals surface area contributed by atoms with Crippen molar-refractivity contribution < 1.29 is 4.39 Å². The minimum Gasteiger partial charge on any atom is -0.236 e. The highest BCUT2D eigenvalue weighted by atomic mass is 32.1. The Morgan fingerprint density at radius 2 is 1.88 bits per heavy atom. The van der Waals surface area contributed by atoms with Gasteiger partial charge in [-0.3, -0.25) is 0 Å². The summed E-state index contributed by atoms with van der Waals surface area (Å²) in [7, 11) is 0. The maximum atomic E-state index is 13.8. The fraction of sp³-hybridized carbons (Fsp3) is 0.0714. The molecule has 0 saturated heterocycles. The zero-order chi connectivity index (χ0) is 11.8. The molecule has 1 heterocycles. The second-order valence-electron chi connectivity index (χ2n) is 3.92. The fourth-order valence-corrected chi connectivity index (χ4v) is 2.96. The van der Waals surface area contributed by atoms with Crippen LogP contribution in [0, 0.1) is 12.7 Å². The molecule has 3 rings (SSSR count). The van der Waals surface area contributed by atoms with Gasteiger partial charge in [-0.15, -0.1) is 11.3 Å². The van der Waals surface area contributed by atoms with Gasteiger partial charge >= 0.3 is 0 Å². The van der Waals surface area contributed by atoms with Gasteiger partial charge in [-0.05, 0) is 30.7 Å². The van der Waals surface area contributed by atoms with Crippen LogP contribution in [0.25, 0.3) is 20.8 Å². The van der Waals surface area contributed by atoms with E-state index in [9.17, 15) is 4.39 Å². The number of aryl methyl sites for hydroxylation is 1. The molecule has 0 aliphatic rings. The summed E-state index contributed by atoms with van der Waals surface area (Å²) in [5, 5.41) is 0.752. The predicted molar refractivity (Wildman–Crippen MR) is 69.8 cm³/mol. The van der Waals surface area contributed by atoms with Crippen LogP contribution < -0.4 is 0 Å². The number of halogens is 1. The largest absolute Gasteiger partial charge is 0.236 e. The van der Waals surface area contributed by atoms with Crippen LogP contribution in [0.3, 0.4) is 0 Å². The average Bonchev–Trinajstić information content (AvgIpc) is 2.71. The Hall–Kier alpha value is -1.74. The lowest BCUT2D eigenvalue weighted by Gasteiger charge is -2.02. The molecule has 0 atom stereocenters. The number of fused-ring (bicyclic) bond motifs is 1. The molecule has 0 N–H and O–H groups in total. The summed E-state index contributed by atoms with van der Waals surface area (Å²) in [6.07, 6.45) is 0. The summed E-state index contributed by atoms with van der Waals surface area (Å²) >= 11 is 1.53. The molecule has 0 aliphatic heterocycles. The van der Waals surface area contributed by atoms with Crippen molar-refractivity contribution in [2.24, 2.45) is 0 Å². The van der Waals surface area contributed by atoms with Gasteiger partial charge in [0.25, 0.3) is 0 Å². The van der Waals surface area contributed by atoms with Gasteiger partial charge < -0.3 is 0 Å². The highest BCUT2D eigenvalue weighted by Crippen LogP contribution is 2.33. The summed E-state index contributed by atoms with van der Waals surface area (Å²) in [4.78, 5) is 4.48. The molecule has 1 nitrogen and oxygen atoms in total. The minimum atomic E-state index is -0.205. The lowest BCUT2D eigenvalue weighted by molar-refractivity contribution is 0.630. The SMILES string of the molecule is Cc1cccc(F)c1-c1nc2ccccc2s1. The maximum Gasteiger partial charge on any atom is 0.133 e. The zero-order valence-corrected chi connectivity index (χ0v) is 10.1. The summed E-state index contributed by atoms with van der Waals surface area (Å²) in [6, 6.07) is 13.0. The third-order valence-corrected chi connectivity index (χ3v) is 3.78. The highest BCUT2D eigenvalue weighted by Gasteiger charge is 2.12. The first-order valence-electron chi connectivity index (χ1n) is 5.37. The Bertz CT molecular complexity index is 634. The van der Waals surface area contributed by atoms with Crippen LogP contribution in [0.15, 0.2) is 42.5 Å². The molecule has 0 fully saturated rings. The molecule has 0 bridgehead atoms. The van der Waals surface area contributed by atoms with Crippen LogP contribution in [0.2, 0.25) is 0 Å². The first-order valence-corrected chi connectivity index (χ1v) is 6.18. The van der Waals surface area contributed by atoms with Gasteiger partial charge in [0.15, 0.2) is 0 Å². The molecule has 84 valence electrons. The highest BCUT2D eigenvalue weighted by molar-refractivity contribution is 7.21. The van der Waals surface area contributed by atoms with Crippen LogP contribution in [0.5, 0.6) is 0 Å². The van der Waals surface area contributed by atoms with Gasteiger partial charge in [-0.2, -0.15) is 0 Å². The van der Waals surface area contributed by atoms with E-state index < -0.39 is 0 Å². The molecule has 2 aromatic carbocycles. The lowest BCUT2D eigenvalue weighted by atomic mass is 10.1. The number of hydrogen-bond donors (Lipinski definition) is 0. The van der Waals surface area contributed by atoms with Crippen LogP contribution in [-0.4, -0.2) is 4.98 Å². The van der Waals surface area contributed by atoms with Crippen molar-refractivity contribution in [3.63, 3.8) is 0 Å². The van der Waals surface area contributed by atoms with Gasteiger partial charge in [0, 0.05) is 5.56 Å². The second-order valence-corrected chi connectivity index (χ2v) is 4.95. The molecule has 0 amide bonds. The predicted octanol–water partition coefficient (Wildman–Crippen LogP) is 4.41. The molecule has 0 radical (unpaired) electrons. The van der Waals surface area contributed by atoms with E-state index in [1.807, 2.05) is 37.3 Å². The molecule has 0 saturated carbocycles. The van der Waals surface area contributed by atoms with Gasteiger partial charge in [-0.1, -0.05) is 24.3 Å². The molecule has 17 heavy (non-hydrogen) atoms. The maximum absolute atomic E-state index is 13.8. The molecule has 3 aromatic rings. The molecule has 0 aliphatic carbocycles. The molecular formula is C14H10FNS. The smallest absolute Gasteiger partial charge is 0.133 e. The van der Waals surface area contributed by atoms with Crippen molar-refractivity contribution in [2.75, 3.05) is 0 Å². The molecule has 3 heteroatoms. The van der Waals surface area contributed by atoms with Gasteiger partial charge in [-0.25, -0.2) is 9.37 Å². The summed E-state index contributed by atoms with van der Waals surface area (Å²) in [5.41, 5.74) is 2.47. The van der Waals surface area contributed by atoms with E-state index in [1.165, 1.54) is 17.4 Å². The van der Waals surface area contributed by atoms with Crippen molar-refractivity contribution in [3.8, 4) is 10.6 Å². The van der Waals surface area contributed by atoms with E-state index in [2.05, 4.69) is 4.98 Å². The quantitative estimate of drug-likeness (QED) is 0.617. The Balaban J connectivity index is 2.27. The molecule has 1 aromatic heterocycles. The number of rotatable bonds is 1. The monoisotopic (exact) mass is 243 g/mol. The van der Waals surface area contributed by atoms with Crippen molar-refractivity contribution in [1.82, 2.24) is 4.98 Å². The zero-order valence-electron chi connectivity index (χ0n) is 9.27. The van der Waals surface area contributed by atoms with Crippen LogP contribution in [-0.2, 0) is 0 Å². The Morgan fingerprint density at radius 1 is 1.06 bits per heavy atom. The van der Waals surface area contributed by atoms with E-state index in [0.29, 0.717) is 5.56 Å². The standard InChI is InChI=1S/C14H10FNS/c1-9-5-4-6-10(15)13(9)14-16-11-7-2-3-8-12(11)17-14/h2-8H,1H3. The summed E-state index contributed by atoms with van der Waals surface area (Å²) < 4.78 is 14.9. The Labute approximate surface area is 103 Å². The molecule has 0 unspecified atom stereocenters. The van der Waals surface area contributed by atoms with Crippen molar-refractivity contribution in [2.45, 2.75) is 6.92 Å². The number of benzene rings is 2. The normalized spacial score (nSPS) is 10.9. The number of aromatic nitrogens is 1. The number of nitrogens with zero attached hydrogens (tertiary/aromatic N) is 1. The Morgan fingerprint density at radius 3 is 2.65 bits per heavy atom. The van der Waals surface area contributed by atoms with E-state index >= 15 is 0 Å². The Kier molecular flexibility index (Phi) is 2.41. The van der Waals surface area contributed by atoms with Gasteiger partial charge in [0.2, 0.25) is 0 Å². The molecule has 0 spiro atoms. The van der Waals surface area contributed by atoms with Crippen LogP contribution >= 0.6 is 11.3 Å². The number of hydrogen-bond acceptors (Lipinski definition) is 2. The minimum absolute atomic E-state index is 0.205. The first-order chi connectivity index (χ1) is 8.25. The number of para-hydroxylation sites is 1. The van der Waals surface area contributed by atoms with Crippen LogP contribution in [0.4, 0.5) is 4.39 Å². The van der Waals surface area contributed by atoms with Crippen molar-refractivity contribution in [3.05, 3.63) is 53.8 Å². The van der Waals surface area contributed by atoms with E-state index in [1.54, 1.807) is 6.07 Å². The topological polar surface area (TPSA) is 12.9 Å². The van der Waals surface area contributed by atoms with Gasteiger partial charge in [0.05, 0.1) is 10.2 Å². The van der Waals surface area contributed by atoms with E-state index in [-0.39, 0.29) is 5.82 Å². The summed E-state index contributed by atoms with van der Waals surface area (Å²) in [6.45, 7) is 1.91. The van der Waals surface area contributed by atoms with Gasteiger partial charge in [0.1, 0.15) is 10.8 Å². The molecular weight excluding hydrogens is 233 g/mol. The summed E-state index contributed by atoms with van der Waals surface area (Å²) in [5.74, 6) is -0.205. The average molecular weight is 243 g/mol. The third kappa shape index (κ3) is 1.72. The lowest BCUT2D eigenvalue weighted by Crippen LogP contribution is -1.87. The fourth-order valence-electron chi connectivity index (χ4n) is 1.88. The van der Waals surface area contributed by atoms with Crippen LogP contribution in [0.1, 0.15) is 5.56 Å². The van der Waals surface area contributed by atoms with E-state index in [0.717, 1.165) is 20.8 Å². The number of thiazole rings is 1.